The Kier molecular flexibility index (Phi) is 3.99. The van der Waals surface area contributed by atoms with E-state index in [1.165, 1.54) is 19.3 Å². The molecule has 4 heteroatoms. The van der Waals surface area contributed by atoms with Gasteiger partial charge in [-0.3, -0.25) is 9.59 Å². The zero-order valence-corrected chi connectivity index (χ0v) is 12.3. The summed E-state index contributed by atoms with van der Waals surface area (Å²) in [6.45, 7) is 3.66. The van der Waals surface area contributed by atoms with Crippen molar-refractivity contribution >= 4 is 11.9 Å². The number of likely N-dealkylation sites (tertiary alicyclic amines) is 1. The number of hydrogen-bond donors (Lipinski definition) is 0. The third-order valence-electron chi connectivity index (χ3n) is 5.41. The Morgan fingerprint density at radius 2 is 2.05 bits per heavy atom. The molecule has 1 heterocycles. The van der Waals surface area contributed by atoms with Crippen LogP contribution in [0.5, 0.6) is 0 Å². The number of hydrogen-bond acceptors (Lipinski definition) is 3. The first-order chi connectivity index (χ1) is 9.69. The van der Waals surface area contributed by atoms with Crippen LogP contribution >= 0.6 is 0 Å². The van der Waals surface area contributed by atoms with Crippen LogP contribution in [0, 0.1) is 23.7 Å². The van der Waals surface area contributed by atoms with Crippen LogP contribution in [0.1, 0.15) is 45.4 Å². The number of ether oxygens (including phenoxy) is 1. The van der Waals surface area contributed by atoms with E-state index in [1.54, 1.807) is 0 Å². The number of fused-ring (bicyclic) bond motifs is 2. The van der Waals surface area contributed by atoms with Crippen molar-refractivity contribution in [2.24, 2.45) is 23.7 Å². The Hall–Kier alpha value is -1.06. The second kappa shape index (κ2) is 5.74. The van der Waals surface area contributed by atoms with Gasteiger partial charge in [0.05, 0.1) is 12.5 Å². The van der Waals surface area contributed by atoms with Gasteiger partial charge in [0.2, 0.25) is 5.91 Å². The summed E-state index contributed by atoms with van der Waals surface area (Å²) >= 11 is 0. The molecule has 2 bridgehead atoms. The first-order valence-electron chi connectivity index (χ1n) is 8.14. The minimum atomic E-state index is -0.127. The largest absolute Gasteiger partial charge is 0.466 e. The Bertz CT molecular complexity index is 395. The summed E-state index contributed by atoms with van der Waals surface area (Å²) in [5.74, 6) is 1.74. The lowest BCUT2D eigenvalue weighted by molar-refractivity contribution is -0.152. The summed E-state index contributed by atoms with van der Waals surface area (Å²) in [6.07, 6.45) is 6.68. The highest BCUT2D eigenvalue weighted by atomic mass is 16.5. The maximum Gasteiger partial charge on any atom is 0.310 e. The predicted molar refractivity (Wildman–Crippen MR) is 74.9 cm³/mol. The maximum absolute atomic E-state index is 12.7. The van der Waals surface area contributed by atoms with E-state index in [0.29, 0.717) is 25.0 Å². The maximum atomic E-state index is 12.7. The summed E-state index contributed by atoms with van der Waals surface area (Å²) in [6, 6.07) is 0. The smallest absolute Gasteiger partial charge is 0.310 e. The zero-order chi connectivity index (χ0) is 14.1. The lowest BCUT2D eigenvalue weighted by Crippen LogP contribution is -2.46. The number of esters is 1. The van der Waals surface area contributed by atoms with Crippen LogP contribution in [0.4, 0.5) is 0 Å². The van der Waals surface area contributed by atoms with E-state index in [0.717, 1.165) is 31.7 Å². The molecule has 2 saturated carbocycles. The molecule has 3 rings (SSSR count). The molecule has 20 heavy (non-hydrogen) atoms. The Morgan fingerprint density at radius 1 is 1.20 bits per heavy atom. The number of carbonyl (C=O) groups is 2. The van der Waals surface area contributed by atoms with Crippen molar-refractivity contribution in [3.63, 3.8) is 0 Å². The topological polar surface area (TPSA) is 46.6 Å². The van der Waals surface area contributed by atoms with Gasteiger partial charge in [0, 0.05) is 19.0 Å². The molecule has 0 aromatic rings. The van der Waals surface area contributed by atoms with Crippen LogP contribution < -0.4 is 0 Å². The third-order valence-corrected chi connectivity index (χ3v) is 5.41. The van der Waals surface area contributed by atoms with E-state index >= 15 is 0 Å². The van der Waals surface area contributed by atoms with Gasteiger partial charge in [-0.2, -0.15) is 0 Å². The lowest BCUT2D eigenvalue weighted by atomic mass is 9.86. The Balaban J connectivity index is 1.59. The molecular formula is C16H25NO3. The van der Waals surface area contributed by atoms with E-state index in [9.17, 15) is 9.59 Å². The van der Waals surface area contributed by atoms with Gasteiger partial charge in [-0.25, -0.2) is 0 Å². The minimum absolute atomic E-state index is 0.105. The van der Waals surface area contributed by atoms with Gasteiger partial charge in [-0.15, -0.1) is 0 Å². The third kappa shape index (κ3) is 2.57. The summed E-state index contributed by atoms with van der Waals surface area (Å²) < 4.78 is 5.11. The van der Waals surface area contributed by atoms with Crippen molar-refractivity contribution in [3.8, 4) is 0 Å². The minimum Gasteiger partial charge on any atom is -0.466 e. The normalized spacial score (nSPS) is 36.1. The fourth-order valence-corrected chi connectivity index (χ4v) is 4.41. The molecule has 0 N–H and O–H groups in total. The highest BCUT2D eigenvalue weighted by Crippen LogP contribution is 2.49. The fraction of sp³-hybridized carbons (Fsp3) is 0.875. The van der Waals surface area contributed by atoms with Gasteiger partial charge >= 0.3 is 5.97 Å². The van der Waals surface area contributed by atoms with Crippen molar-refractivity contribution in [1.29, 1.82) is 0 Å². The summed E-state index contributed by atoms with van der Waals surface area (Å²) in [7, 11) is 0. The molecule has 0 unspecified atom stereocenters. The second-order valence-corrected chi connectivity index (χ2v) is 6.66. The van der Waals surface area contributed by atoms with Crippen LogP contribution in [-0.2, 0) is 14.3 Å². The molecule has 0 radical (unpaired) electrons. The number of carbonyl (C=O) groups excluding carboxylic acids is 2. The fourth-order valence-electron chi connectivity index (χ4n) is 4.41. The second-order valence-electron chi connectivity index (χ2n) is 6.66. The zero-order valence-electron chi connectivity index (χ0n) is 12.3. The molecule has 0 aromatic carbocycles. The summed E-state index contributed by atoms with van der Waals surface area (Å²) in [5.41, 5.74) is 0. The molecule has 0 spiro atoms. The predicted octanol–water partition coefficient (Wildman–Crippen LogP) is 2.22. The molecule has 1 saturated heterocycles. The van der Waals surface area contributed by atoms with Gasteiger partial charge in [0.15, 0.2) is 0 Å². The number of piperidine rings is 1. The van der Waals surface area contributed by atoms with E-state index in [2.05, 4.69) is 0 Å². The van der Waals surface area contributed by atoms with Gasteiger partial charge in [0.1, 0.15) is 0 Å². The first-order valence-corrected chi connectivity index (χ1v) is 8.14. The quantitative estimate of drug-likeness (QED) is 0.744. The van der Waals surface area contributed by atoms with E-state index in [4.69, 9.17) is 4.74 Å². The van der Waals surface area contributed by atoms with Crippen LogP contribution in [0.25, 0.3) is 0 Å². The number of nitrogens with zero attached hydrogens (tertiary/aromatic N) is 1. The average molecular weight is 279 g/mol. The first kappa shape index (κ1) is 13.9. The number of amides is 1. The van der Waals surface area contributed by atoms with Gasteiger partial charge in [-0.05, 0) is 50.9 Å². The van der Waals surface area contributed by atoms with Gasteiger partial charge in [0.25, 0.3) is 0 Å². The van der Waals surface area contributed by atoms with Gasteiger partial charge in [-0.1, -0.05) is 6.42 Å². The summed E-state index contributed by atoms with van der Waals surface area (Å²) in [5, 5.41) is 0. The molecule has 1 amide bonds. The number of rotatable bonds is 3. The molecule has 3 aliphatic rings. The van der Waals surface area contributed by atoms with Crippen molar-refractivity contribution in [1.82, 2.24) is 4.90 Å². The highest BCUT2D eigenvalue weighted by Gasteiger charge is 2.45. The molecule has 112 valence electrons. The Labute approximate surface area is 120 Å². The van der Waals surface area contributed by atoms with Crippen molar-refractivity contribution in [3.05, 3.63) is 0 Å². The van der Waals surface area contributed by atoms with Crippen LogP contribution in [0.15, 0.2) is 0 Å². The molecule has 0 aromatic heterocycles. The van der Waals surface area contributed by atoms with E-state index < -0.39 is 0 Å². The molecule has 1 aliphatic heterocycles. The van der Waals surface area contributed by atoms with E-state index in [-0.39, 0.29) is 17.8 Å². The standard InChI is InChI=1S/C16H25NO3/c1-2-20-16(19)13-4-3-7-17(10-13)15(18)14-9-11-5-6-12(14)8-11/h11-14H,2-10H2,1H3/t11-,12-,13+,14+/m0/s1. The van der Waals surface area contributed by atoms with Crippen LogP contribution in [0.2, 0.25) is 0 Å². The highest BCUT2D eigenvalue weighted by molar-refractivity contribution is 5.81. The van der Waals surface area contributed by atoms with Gasteiger partial charge < -0.3 is 9.64 Å². The molecule has 4 atom stereocenters. The average Bonchev–Trinajstić information content (AvgIpc) is 3.09. The SMILES string of the molecule is CCOC(=O)[C@@H]1CCCN(C(=O)[C@@H]2C[C@H]3CC[C@H]2C3)C1. The van der Waals surface area contributed by atoms with Crippen LogP contribution in [-0.4, -0.2) is 36.5 Å². The van der Waals surface area contributed by atoms with E-state index in [1.807, 2.05) is 11.8 Å². The monoisotopic (exact) mass is 279 g/mol. The Morgan fingerprint density at radius 3 is 2.70 bits per heavy atom. The molecular weight excluding hydrogens is 254 g/mol. The van der Waals surface area contributed by atoms with Crippen molar-refractivity contribution in [2.75, 3.05) is 19.7 Å². The lowest BCUT2D eigenvalue weighted by Gasteiger charge is -2.35. The summed E-state index contributed by atoms with van der Waals surface area (Å²) in [4.78, 5) is 26.5. The molecule has 3 fully saturated rings. The molecule has 4 nitrogen and oxygen atoms in total. The van der Waals surface area contributed by atoms with Crippen LogP contribution in [0.3, 0.4) is 0 Å². The van der Waals surface area contributed by atoms with Crippen molar-refractivity contribution < 1.29 is 14.3 Å². The molecule has 2 aliphatic carbocycles. The van der Waals surface area contributed by atoms with Crippen molar-refractivity contribution in [2.45, 2.75) is 45.4 Å².